The Labute approximate surface area is 121 Å². The van der Waals surface area contributed by atoms with Crippen LogP contribution in [-0.2, 0) is 11.2 Å². The first-order valence-electron chi connectivity index (χ1n) is 7.75. The predicted octanol–water partition coefficient (Wildman–Crippen LogP) is 3.47. The van der Waals surface area contributed by atoms with Gasteiger partial charge in [0.25, 0.3) is 0 Å². The summed E-state index contributed by atoms with van der Waals surface area (Å²) in [5, 5.41) is 3.54. The van der Waals surface area contributed by atoms with Crippen molar-refractivity contribution in [1.82, 2.24) is 5.32 Å². The molecule has 0 radical (unpaired) electrons. The fraction of sp³-hybridized carbons (Fsp3) is 0.647. The third-order valence-corrected chi connectivity index (χ3v) is 4.06. The highest BCUT2D eigenvalue weighted by atomic mass is 19.1. The topological polar surface area (TPSA) is 21.3 Å². The van der Waals surface area contributed by atoms with E-state index in [1.54, 1.807) is 6.07 Å². The molecule has 1 aromatic carbocycles. The van der Waals surface area contributed by atoms with Crippen molar-refractivity contribution in [2.45, 2.75) is 52.2 Å². The maximum Gasteiger partial charge on any atom is 0.123 e. The van der Waals surface area contributed by atoms with Gasteiger partial charge >= 0.3 is 0 Å². The van der Waals surface area contributed by atoms with Crippen molar-refractivity contribution in [3.63, 3.8) is 0 Å². The number of aryl methyl sites for hydroxylation is 1. The minimum absolute atomic E-state index is 0.153. The number of ether oxygens (including phenoxy) is 1. The predicted molar refractivity (Wildman–Crippen MR) is 80.4 cm³/mol. The minimum Gasteiger partial charge on any atom is -0.377 e. The summed E-state index contributed by atoms with van der Waals surface area (Å²) in [5.41, 5.74) is 2.24. The van der Waals surface area contributed by atoms with Crippen molar-refractivity contribution in [2.75, 3.05) is 13.2 Å². The molecule has 2 rings (SSSR count). The third-order valence-electron chi connectivity index (χ3n) is 4.06. The van der Waals surface area contributed by atoms with Crippen LogP contribution in [0.3, 0.4) is 0 Å². The highest BCUT2D eigenvalue weighted by Gasteiger charge is 2.37. The Bertz CT molecular complexity index is 431. The maximum absolute atomic E-state index is 13.5. The highest BCUT2D eigenvalue weighted by molar-refractivity contribution is 5.27. The van der Waals surface area contributed by atoms with E-state index in [-0.39, 0.29) is 18.0 Å². The summed E-state index contributed by atoms with van der Waals surface area (Å²) in [7, 11) is 0. The van der Waals surface area contributed by atoms with Crippen molar-refractivity contribution in [1.29, 1.82) is 0 Å². The molecule has 2 unspecified atom stereocenters. The number of rotatable bonds is 8. The molecule has 1 aliphatic carbocycles. The summed E-state index contributed by atoms with van der Waals surface area (Å²) in [6.45, 7) is 7.86. The molecule has 1 N–H and O–H groups in total. The van der Waals surface area contributed by atoms with E-state index >= 15 is 0 Å². The molecule has 1 aromatic rings. The van der Waals surface area contributed by atoms with E-state index in [1.807, 2.05) is 19.9 Å². The summed E-state index contributed by atoms with van der Waals surface area (Å²) >= 11 is 0. The lowest BCUT2D eigenvalue weighted by atomic mass is 9.95. The van der Waals surface area contributed by atoms with E-state index in [0.29, 0.717) is 5.92 Å². The van der Waals surface area contributed by atoms with Crippen LogP contribution >= 0.6 is 0 Å². The fourth-order valence-corrected chi connectivity index (χ4v) is 2.86. The lowest BCUT2D eigenvalue weighted by Crippen LogP contribution is -2.44. The third kappa shape index (κ3) is 4.03. The van der Waals surface area contributed by atoms with Crippen LogP contribution in [0.2, 0.25) is 0 Å². The van der Waals surface area contributed by atoms with Crippen molar-refractivity contribution < 1.29 is 9.13 Å². The standard InChI is InChI=1S/C17H26FNO/c1-4-19-16(17(20-5-2)13-7-8-13)11-14-10-15(18)9-6-12(14)3/h6,9-10,13,16-17,19H,4-5,7-8,11H2,1-3H3. The Hall–Kier alpha value is -0.930. The molecule has 0 bridgehead atoms. The van der Waals surface area contributed by atoms with Crippen molar-refractivity contribution in [3.05, 3.63) is 35.1 Å². The maximum atomic E-state index is 13.5. The lowest BCUT2D eigenvalue weighted by Gasteiger charge is -2.28. The number of nitrogens with one attached hydrogen (secondary N) is 1. The number of hydrogen-bond donors (Lipinski definition) is 1. The van der Waals surface area contributed by atoms with E-state index in [2.05, 4.69) is 12.2 Å². The first-order chi connectivity index (χ1) is 9.65. The second-order valence-corrected chi connectivity index (χ2v) is 5.70. The summed E-state index contributed by atoms with van der Waals surface area (Å²) in [6.07, 6.45) is 3.60. The van der Waals surface area contributed by atoms with Gasteiger partial charge in [-0.1, -0.05) is 13.0 Å². The Balaban J connectivity index is 2.12. The van der Waals surface area contributed by atoms with Crippen molar-refractivity contribution in [3.8, 4) is 0 Å². The second-order valence-electron chi connectivity index (χ2n) is 5.70. The van der Waals surface area contributed by atoms with Gasteiger partial charge < -0.3 is 10.1 Å². The normalized spacial score (nSPS) is 18.0. The Morgan fingerprint density at radius 2 is 2.10 bits per heavy atom. The second kappa shape index (κ2) is 7.19. The molecule has 0 aromatic heterocycles. The molecule has 2 atom stereocenters. The zero-order chi connectivity index (χ0) is 14.5. The monoisotopic (exact) mass is 279 g/mol. The molecule has 1 aliphatic rings. The molecule has 0 saturated heterocycles. The van der Waals surface area contributed by atoms with Gasteiger partial charge in [0.15, 0.2) is 0 Å². The number of hydrogen-bond acceptors (Lipinski definition) is 2. The molecule has 0 amide bonds. The average Bonchev–Trinajstić information content (AvgIpc) is 3.24. The van der Waals surface area contributed by atoms with Crippen LogP contribution in [0.5, 0.6) is 0 Å². The quantitative estimate of drug-likeness (QED) is 0.786. The molecular formula is C17H26FNO. The summed E-state index contributed by atoms with van der Waals surface area (Å²) in [6, 6.07) is 5.32. The minimum atomic E-state index is -0.153. The van der Waals surface area contributed by atoms with Gasteiger partial charge in [-0.2, -0.15) is 0 Å². The smallest absolute Gasteiger partial charge is 0.123 e. The van der Waals surface area contributed by atoms with Crippen molar-refractivity contribution >= 4 is 0 Å². The number of halogens is 1. The molecule has 0 aliphatic heterocycles. The van der Waals surface area contributed by atoms with E-state index in [4.69, 9.17) is 4.74 Å². The molecule has 1 fully saturated rings. The van der Waals surface area contributed by atoms with Crippen LogP contribution < -0.4 is 5.32 Å². The zero-order valence-corrected chi connectivity index (χ0v) is 12.8. The van der Waals surface area contributed by atoms with Gasteiger partial charge in [-0.05, 0) is 68.8 Å². The molecule has 3 heteroatoms. The molecule has 1 saturated carbocycles. The van der Waals surface area contributed by atoms with E-state index in [0.717, 1.165) is 30.7 Å². The van der Waals surface area contributed by atoms with Gasteiger partial charge in [0.2, 0.25) is 0 Å². The van der Waals surface area contributed by atoms with E-state index in [1.165, 1.54) is 18.9 Å². The van der Waals surface area contributed by atoms with Gasteiger partial charge in [-0.25, -0.2) is 4.39 Å². The average molecular weight is 279 g/mol. The molecule has 0 heterocycles. The molecule has 20 heavy (non-hydrogen) atoms. The fourth-order valence-electron chi connectivity index (χ4n) is 2.86. The lowest BCUT2D eigenvalue weighted by molar-refractivity contribution is 0.0195. The van der Waals surface area contributed by atoms with Gasteiger partial charge in [0, 0.05) is 12.6 Å². The summed E-state index contributed by atoms with van der Waals surface area (Å²) in [4.78, 5) is 0. The van der Waals surface area contributed by atoms with Gasteiger partial charge in [0.1, 0.15) is 5.82 Å². The van der Waals surface area contributed by atoms with Crippen LogP contribution in [0.4, 0.5) is 4.39 Å². The molecular weight excluding hydrogens is 253 g/mol. The molecule has 112 valence electrons. The number of likely N-dealkylation sites (N-methyl/N-ethyl adjacent to an activating group) is 1. The van der Waals surface area contributed by atoms with Gasteiger partial charge in [-0.15, -0.1) is 0 Å². The Kier molecular flexibility index (Phi) is 5.55. The van der Waals surface area contributed by atoms with Crippen LogP contribution in [0, 0.1) is 18.7 Å². The largest absolute Gasteiger partial charge is 0.377 e. The Morgan fingerprint density at radius 1 is 1.35 bits per heavy atom. The highest BCUT2D eigenvalue weighted by Crippen LogP contribution is 2.36. The summed E-state index contributed by atoms with van der Waals surface area (Å²) in [5.74, 6) is 0.521. The van der Waals surface area contributed by atoms with E-state index in [9.17, 15) is 4.39 Å². The van der Waals surface area contributed by atoms with Crippen LogP contribution in [-0.4, -0.2) is 25.3 Å². The zero-order valence-electron chi connectivity index (χ0n) is 12.8. The van der Waals surface area contributed by atoms with E-state index < -0.39 is 0 Å². The van der Waals surface area contributed by atoms with Gasteiger partial charge in [-0.3, -0.25) is 0 Å². The van der Waals surface area contributed by atoms with Gasteiger partial charge in [0.05, 0.1) is 6.10 Å². The first-order valence-corrected chi connectivity index (χ1v) is 7.75. The Morgan fingerprint density at radius 3 is 2.70 bits per heavy atom. The van der Waals surface area contributed by atoms with Crippen LogP contribution in [0.1, 0.15) is 37.8 Å². The SMILES string of the molecule is CCNC(Cc1cc(F)ccc1C)C(OCC)C1CC1. The van der Waals surface area contributed by atoms with Crippen LogP contribution in [0.15, 0.2) is 18.2 Å². The molecule has 2 nitrogen and oxygen atoms in total. The summed E-state index contributed by atoms with van der Waals surface area (Å²) < 4.78 is 19.4. The molecule has 0 spiro atoms. The number of benzene rings is 1. The first kappa shape index (κ1) is 15.5. The van der Waals surface area contributed by atoms with Crippen molar-refractivity contribution in [2.24, 2.45) is 5.92 Å². The van der Waals surface area contributed by atoms with Crippen LogP contribution in [0.25, 0.3) is 0 Å².